The Kier molecular flexibility index (Phi) is 4.83. The van der Waals surface area contributed by atoms with Crippen molar-refractivity contribution in [1.82, 2.24) is 5.32 Å². The van der Waals surface area contributed by atoms with E-state index in [1.807, 2.05) is 25.1 Å². The van der Waals surface area contributed by atoms with Crippen molar-refractivity contribution < 1.29 is 4.79 Å². The van der Waals surface area contributed by atoms with Crippen LogP contribution in [0, 0.1) is 6.92 Å². The molecule has 1 amide bonds. The third-order valence-electron chi connectivity index (χ3n) is 2.62. The normalized spacial score (nSPS) is 11.3. The third-order valence-corrected chi connectivity index (χ3v) is 3.05. The SMILES string of the molecule is Cc1cccc(N=C(N)NC(=O)c2cc(Cl)cc(Cl)c2)c1. The zero-order valence-electron chi connectivity index (χ0n) is 11.2. The standard InChI is InChI=1S/C15H13Cl2N3O/c1-9-3-2-4-13(5-9)19-15(18)20-14(21)10-6-11(16)8-12(17)7-10/h2-8H,1H3,(H3,18,19,20,21). The number of carbonyl (C=O) groups is 1. The number of aryl methyl sites for hydroxylation is 1. The highest BCUT2D eigenvalue weighted by Gasteiger charge is 2.09. The van der Waals surface area contributed by atoms with Gasteiger partial charge in [0.25, 0.3) is 5.91 Å². The molecule has 0 radical (unpaired) electrons. The number of benzene rings is 2. The first-order valence-electron chi connectivity index (χ1n) is 6.12. The number of carbonyl (C=O) groups excluding carboxylic acids is 1. The predicted octanol–water partition coefficient (Wildman–Crippen LogP) is 3.68. The summed E-state index contributed by atoms with van der Waals surface area (Å²) in [5.74, 6) is -0.421. The van der Waals surface area contributed by atoms with Crippen molar-refractivity contribution in [3.63, 3.8) is 0 Å². The molecule has 0 aromatic heterocycles. The van der Waals surface area contributed by atoms with Gasteiger partial charge in [-0.1, -0.05) is 35.3 Å². The molecule has 0 aliphatic heterocycles. The molecule has 0 bridgehead atoms. The first-order chi connectivity index (χ1) is 9.94. The molecule has 0 heterocycles. The summed E-state index contributed by atoms with van der Waals surface area (Å²) in [5.41, 5.74) is 7.75. The molecular formula is C15H13Cl2N3O. The van der Waals surface area contributed by atoms with Crippen molar-refractivity contribution in [3.8, 4) is 0 Å². The van der Waals surface area contributed by atoms with Crippen LogP contribution in [-0.2, 0) is 0 Å². The van der Waals surface area contributed by atoms with E-state index in [4.69, 9.17) is 28.9 Å². The highest BCUT2D eigenvalue weighted by Crippen LogP contribution is 2.19. The minimum Gasteiger partial charge on any atom is -0.369 e. The van der Waals surface area contributed by atoms with Gasteiger partial charge in [-0.3, -0.25) is 10.1 Å². The van der Waals surface area contributed by atoms with E-state index < -0.39 is 5.91 Å². The summed E-state index contributed by atoms with van der Waals surface area (Å²) < 4.78 is 0. The van der Waals surface area contributed by atoms with E-state index in [9.17, 15) is 4.79 Å². The van der Waals surface area contributed by atoms with Gasteiger partial charge < -0.3 is 5.73 Å². The molecule has 2 aromatic carbocycles. The van der Waals surface area contributed by atoms with Crippen LogP contribution in [0.3, 0.4) is 0 Å². The van der Waals surface area contributed by atoms with Crippen molar-refractivity contribution in [1.29, 1.82) is 0 Å². The van der Waals surface area contributed by atoms with Gasteiger partial charge in [-0.2, -0.15) is 0 Å². The Morgan fingerprint density at radius 1 is 1.14 bits per heavy atom. The van der Waals surface area contributed by atoms with Gasteiger partial charge in [0.15, 0.2) is 0 Å². The lowest BCUT2D eigenvalue weighted by Crippen LogP contribution is -2.36. The Morgan fingerprint density at radius 3 is 2.43 bits per heavy atom. The highest BCUT2D eigenvalue weighted by molar-refractivity contribution is 6.35. The first-order valence-corrected chi connectivity index (χ1v) is 6.88. The molecule has 0 aliphatic rings. The second kappa shape index (κ2) is 6.61. The first kappa shape index (κ1) is 15.4. The molecule has 0 fully saturated rings. The van der Waals surface area contributed by atoms with Gasteiger partial charge in [-0.15, -0.1) is 0 Å². The molecule has 0 spiro atoms. The summed E-state index contributed by atoms with van der Waals surface area (Å²) >= 11 is 11.7. The van der Waals surface area contributed by atoms with Crippen molar-refractivity contribution in [2.24, 2.45) is 10.7 Å². The zero-order chi connectivity index (χ0) is 15.4. The van der Waals surface area contributed by atoms with Crippen molar-refractivity contribution in [3.05, 3.63) is 63.6 Å². The molecule has 4 nitrogen and oxygen atoms in total. The fraction of sp³-hybridized carbons (Fsp3) is 0.0667. The lowest BCUT2D eigenvalue weighted by molar-refractivity contribution is 0.0976. The van der Waals surface area contributed by atoms with Crippen LogP contribution in [0.4, 0.5) is 5.69 Å². The fourth-order valence-corrected chi connectivity index (χ4v) is 2.26. The third kappa shape index (κ3) is 4.48. The molecular weight excluding hydrogens is 309 g/mol. The Balaban J connectivity index is 2.15. The van der Waals surface area contributed by atoms with E-state index in [-0.39, 0.29) is 5.96 Å². The largest absolute Gasteiger partial charge is 0.369 e. The lowest BCUT2D eigenvalue weighted by Gasteiger charge is -2.06. The van der Waals surface area contributed by atoms with Crippen molar-refractivity contribution in [2.45, 2.75) is 6.92 Å². The van der Waals surface area contributed by atoms with Crippen LogP contribution in [0.25, 0.3) is 0 Å². The van der Waals surface area contributed by atoms with E-state index >= 15 is 0 Å². The van der Waals surface area contributed by atoms with E-state index in [2.05, 4.69) is 10.3 Å². The molecule has 0 unspecified atom stereocenters. The summed E-state index contributed by atoms with van der Waals surface area (Å²) in [6.07, 6.45) is 0. The van der Waals surface area contributed by atoms with Gasteiger partial charge in [-0.05, 0) is 42.8 Å². The Labute approximate surface area is 132 Å². The highest BCUT2D eigenvalue weighted by atomic mass is 35.5. The fourth-order valence-electron chi connectivity index (χ4n) is 1.74. The molecule has 0 aliphatic carbocycles. The van der Waals surface area contributed by atoms with Crippen molar-refractivity contribution in [2.75, 3.05) is 0 Å². The van der Waals surface area contributed by atoms with Crippen LogP contribution in [0.1, 0.15) is 15.9 Å². The number of nitrogens with one attached hydrogen (secondary N) is 1. The summed E-state index contributed by atoms with van der Waals surface area (Å²) in [6.45, 7) is 1.95. The Hall–Kier alpha value is -2.04. The maximum Gasteiger partial charge on any atom is 0.258 e. The zero-order valence-corrected chi connectivity index (χ0v) is 12.7. The maximum atomic E-state index is 12.0. The molecule has 108 valence electrons. The second-order valence-corrected chi connectivity index (χ2v) is 5.32. The number of amides is 1. The summed E-state index contributed by atoms with van der Waals surface area (Å²) in [7, 11) is 0. The topological polar surface area (TPSA) is 67.5 Å². The van der Waals surface area contributed by atoms with Crippen LogP contribution < -0.4 is 11.1 Å². The van der Waals surface area contributed by atoms with Gasteiger partial charge in [0.05, 0.1) is 5.69 Å². The number of nitrogens with zero attached hydrogens (tertiary/aromatic N) is 1. The van der Waals surface area contributed by atoms with Gasteiger partial charge in [0, 0.05) is 15.6 Å². The molecule has 6 heteroatoms. The average Bonchev–Trinajstić information content (AvgIpc) is 2.37. The van der Waals surface area contributed by atoms with Crippen LogP contribution in [-0.4, -0.2) is 11.9 Å². The van der Waals surface area contributed by atoms with E-state index in [1.165, 1.54) is 12.1 Å². The van der Waals surface area contributed by atoms with Crippen LogP contribution in [0.2, 0.25) is 10.0 Å². The van der Waals surface area contributed by atoms with Crippen molar-refractivity contribution >= 4 is 40.8 Å². The number of rotatable bonds is 2. The number of guanidine groups is 1. The van der Waals surface area contributed by atoms with E-state index in [0.29, 0.717) is 21.3 Å². The number of hydrogen-bond acceptors (Lipinski definition) is 2. The maximum absolute atomic E-state index is 12.0. The number of aliphatic imine (C=N–C) groups is 1. The lowest BCUT2D eigenvalue weighted by atomic mass is 10.2. The molecule has 0 saturated carbocycles. The second-order valence-electron chi connectivity index (χ2n) is 4.45. The number of nitrogens with two attached hydrogens (primary N) is 1. The molecule has 3 N–H and O–H groups in total. The quantitative estimate of drug-likeness (QED) is 0.654. The summed E-state index contributed by atoms with van der Waals surface area (Å²) in [6, 6.07) is 12.0. The molecule has 0 atom stereocenters. The van der Waals surface area contributed by atoms with Gasteiger partial charge in [-0.25, -0.2) is 4.99 Å². The van der Waals surface area contributed by atoms with Crippen LogP contribution in [0.5, 0.6) is 0 Å². The average molecular weight is 322 g/mol. The molecule has 0 saturated heterocycles. The smallest absolute Gasteiger partial charge is 0.258 e. The Morgan fingerprint density at radius 2 is 1.81 bits per heavy atom. The minimum atomic E-state index is -0.423. The van der Waals surface area contributed by atoms with Gasteiger partial charge in [0.1, 0.15) is 0 Å². The van der Waals surface area contributed by atoms with Gasteiger partial charge in [0.2, 0.25) is 5.96 Å². The number of halogens is 2. The molecule has 2 rings (SSSR count). The Bertz CT molecular complexity index is 694. The van der Waals surface area contributed by atoms with E-state index in [1.54, 1.807) is 12.1 Å². The molecule has 21 heavy (non-hydrogen) atoms. The van der Waals surface area contributed by atoms with Crippen LogP contribution >= 0.6 is 23.2 Å². The summed E-state index contributed by atoms with van der Waals surface area (Å²) in [5, 5.41) is 3.24. The number of hydrogen-bond donors (Lipinski definition) is 2. The minimum absolute atomic E-state index is 0.00157. The predicted molar refractivity (Wildman–Crippen MR) is 86.4 cm³/mol. The summed E-state index contributed by atoms with van der Waals surface area (Å²) in [4.78, 5) is 16.2. The van der Waals surface area contributed by atoms with Crippen LogP contribution in [0.15, 0.2) is 47.5 Å². The molecule has 2 aromatic rings. The van der Waals surface area contributed by atoms with Gasteiger partial charge >= 0.3 is 0 Å². The van der Waals surface area contributed by atoms with E-state index in [0.717, 1.165) is 5.56 Å². The monoisotopic (exact) mass is 321 g/mol.